The van der Waals surface area contributed by atoms with Crippen LogP contribution in [0, 0.1) is 63.1 Å². The van der Waals surface area contributed by atoms with Crippen LogP contribution in [0.15, 0.2) is 11.1 Å². The molecule has 6 aliphatic carbocycles. The summed E-state index contributed by atoms with van der Waals surface area (Å²) in [6.07, 6.45) is 4.10. The maximum Gasteiger partial charge on any atom is 0.240 e. The number of hydrogen-bond donors (Lipinski definition) is 8. The zero-order valence-corrected chi connectivity index (χ0v) is 38.0. The molecular weight excluding hydrogens is 807 g/mol. The van der Waals surface area contributed by atoms with Crippen LogP contribution in [-0.2, 0) is 23.8 Å². The number of nitrogens with one attached hydrogen (secondary N) is 2. The molecule has 63 heavy (non-hydrogen) atoms. The summed E-state index contributed by atoms with van der Waals surface area (Å²) < 4.78 is 18.4. The SMILES string of the molecule is COCCCOC1CCC2(C)C(C1)C(=O)C1=C3C24C#CCC2CN2C(=O)C2NC(O)C5OC(C(CNCC(C)O)C5C25CCCC5)C(O)(O)C(C)(O)C2CC(CC1)C3(O)C2(C)CC4. The van der Waals surface area contributed by atoms with E-state index in [0.717, 1.165) is 25.7 Å². The van der Waals surface area contributed by atoms with Crippen molar-refractivity contribution >= 4 is 11.7 Å². The summed E-state index contributed by atoms with van der Waals surface area (Å²) in [5, 5.41) is 81.9. The Bertz CT molecular complexity index is 1960. The number of allylic oxidation sites excluding steroid dienone is 1. The molecule has 14 nitrogen and oxygen atoms in total. The maximum absolute atomic E-state index is 15.2. The van der Waals surface area contributed by atoms with Crippen molar-refractivity contribution in [1.82, 2.24) is 15.5 Å². The number of nitrogens with zero attached hydrogens (tertiary/aromatic N) is 1. The van der Waals surface area contributed by atoms with Gasteiger partial charge < -0.3 is 55.1 Å². The minimum absolute atomic E-state index is 0.0570. The van der Waals surface area contributed by atoms with Crippen molar-refractivity contribution in [3.8, 4) is 11.8 Å². The molecule has 7 bridgehead atoms. The zero-order chi connectivity index (χ0) is 44.7. The van der Waals surface area contributed by atoms with Gasteiger partial charge in [0.2, 0.25) is 11.7 Å². The van der Waals surface area contributed by atoms with Gasteiger partial charge >= 0.3 is 0 Å². The number of fused-ring (bicyclic) bond motifs is 3. The van der Waals surface area contributed by atoms with Crippen LogP contribution < -0.4 is 10.6 Å². The molecule has 8 N–H and O–H groups in total. The highest BCUT2D eigenvalue weighted by atomic mass is 16.6. The molecule has 4 heterocycles. The number of Topliss-reactive ketones (excluding diaryl/α,β-unsaturated/α-hetero) is 1. The molecule has 17 atom stereocenters. The van der Waals surface area contributed by atoms with E-state index in [4.69, 9.17) is 14.2 Å². The summed E-state index contributed by atoms with van der Waals surface area (Å²) in [7, 11) is 1.68. The van der Waals surface area contributed by atoms with Gasteiger partial charge in [0, 0.05) is 80.9 Å². The van der Waals surface area contributed by atoms with Crippen molar-refractivity contribution < 1.29 is 54.4 Å². The molecule has 350 valence electrons. The van der Waals surface area contributed by atoms with E-state index in [1.165, 1.54) is 6.92 Å². The van der Waals surface area contributed by atoms with Gasteiger partial charge in [0.25, 0.3) is 0 Å². The summed E-state index contributed by atoms with van der Waals surface area (Å²) in [5.41, 5.74) is -5.77. The molecule has 14 heteroatoms. The normalized spacial score (nSPS) is 49.3. The highest BCUT2D eigenvalue weighted by Gasteiger charge is 2.80. The van der Waals surface area contributed by atoms with Crippen LogP contribution in [0.4, 0.5) is 0 Å². The lowest BCUT2D eigenvalue weighted by atomic mass is 9.37. The number of aliphatic hydroxyl groups excluding tert-OH is 2. The summed E-state index contributed by atoms with van der Waals surface area (Å²) in [6, 6.07) is -0.877. The summed E-state index contributed by atoms with van der Waals surface area (Å²) in [6.45, 7) is 9.40. The minimum Gasteiger partial charge on any atom is -0.392 e. The number of rotatable bonds is 9. The standard InChI is InChI=1S/C49H73N3O11/c1-27(53)24-50-25-32-35-37-41(55)51-39(46(35)14-6-7-15-46)42(56)52-26-29(52)10-8-16-47-19-18-44(3)34(45(4,57)49(59,60)40(32)63-37)22-28-11-12-31(38(47)48(28,44)58)36(54)33-23-30(13-17-43(33,47)2)62-21-9-20-61-5/h27-30,32-35,37,39-41,50-51,53,55,57-60H,6-7,9-15,17-26H2,1-5H3. The van der Waals surface area contributed by atoms with Crippen molar-refractivity contribution in [2.75, 3.05) is 40.0 Å². The number of ketones is 1. The Morgan fingerprint density at radius 1 is 1.00 bits per heavy atom. The van der Waals surface area contributed by atoms with E-state index in [0.29, 0.717) is 95.1 Å². The van der Waals surface area contributed by atoms with Crippen LogP contribution in [0.2, 0.25) is 0 Å². The van der Waals surface area contributed by atoms with E-state index in [2.05, 4.69) is 29.4 Å². The first-order valence-electron chi connectivity index (χ1n) is 24.4. The first kappa shape index (κ1) is 44.8. The number of piperidine rings is 1. The fourth-order valence-electron chi connectivity index (χ4n) is 16.5. The molecule has 10 rings (SSSR count). The van der Waals surface area contributed by atoms with Crippen LogP contribution in [0.5, 0.6) is 0 Å². The Morgan fingerprint density at radius 3 is 2.49 bits per heavy atom. The van der Waals surface area contributed by atoms with E-state index in [-0.39, 0.29) is 48.8 Å². The summed E-state index contributed by atoms with van der Waals surface area (Å²) in [5.74, 6) is 1.74. The monoisotopic (exact) mass is 880 g/mol. The van der Waals surface area contributed by atoms with Gasteiger partial charge in [-0.05, 0) is 107 Å². The van der Waals surface area contributed by atoms with E-state index in [1.807, 2.05) is 11.8 Å². The fraction of sp³-hybridized carbons (Fsp3) is 0.878. The number of carbonyl (C=O) groups excluding carboxylic acids is 2. The minimum atomic E-state index is -2.90. The molecule has 10 aliphatic rings. The van der Waals surface area contributed by atoms with Gasteiger partial charge in [0.1, 0.15) is 24.0 Å². The molecule has 0 radical (unpaired) electrons. The molecule has 1 spiro atoms. The topological polar surface area (TPSA) is 210 Å². The zero-order valence-electron chi connectivity index (χ0n) is 38.0. The first-order chi connectivity index (χ1) is 29.8. The second kappa shape index (κ2) is 15.3. The number of carbonyl (C=O) groups is 2. The van der Waals surface area contributed by atoms with Gasteiger partial charge in [-0.3, -0.25) is 14.9 Å². The molecule has 17 unspecified atom stereocenters. The second-order valence-corrected chi connectivity index (χ2v) is 22.6. The predicted molar refractivity (Wildman–Crippen MR) is 229 cm³/mol. The van der Waals surface area contributed by atoms with Crippen molar-refractivity contribution in [2.24, 2.45) is 51.2 Å². The van der Waals surface area contributed by atoms with Crippen molar-refractivity contribution in [3.63, 3.8) is 0 Å². The van der Waals surface area contributed by atoms with Gasteiger partial charge in [-0.2, -0.15) is 0 Å². The van der Waals surface area contributed by atoms with E-state index in [9.17, 15) is 35.4 Å². The number of methoxy groups -OCH3 is 1. The highest BCUT2D eigenvalue weighted by molar-refractivity contribution is 6.01. The number of ether oxygens (including phenoxy) is 3. The van der Waals surface area contributed by atoms with Crippen molar-refractivity contribution in [2.45, 2.75) is 177 Å². The predicted octanol–water partition coefficient (Wildman–Crippen LogP) is 1.91. The van der Waals surface area contributed by atoms with Crippen LogP contribution >= 0.6 is 0 Å². The molecule has 4 aliphatic heterocycles. The molecular formula is C49H73N3O11. The molecule has 1 amide bonds. The van der Waals surface area contributed by atoms with Crippen LogP contribution in [0.3, 0.4) is 0 Å². The van der Waals surface area contributed by atoms with E-state index in [1.54, 1.807) is 14.0 Å². The molecule has 0 aromatic rings. The molecule has 3 saturated heterocycles. The molecule has 4 saturated carbocycles. The Labute approximate surface area is 372 Å². The lowest BCUT2D eigenvalue weighted by molar-refractivity contribution is -0.344. The smallest absolute Gasteiger partial charge is 0.240 e. The number of hydrogen-bond acceptors (Lipinski definition) is 13. The maximum atomic E-state index is 15.2. The van der Waals surface area contributed by atoms with Gasteiger partial charge in [-0.1, -0.05) is 32.6 Å². The largest absolute Gasteiger partial charge is 0.392 e. The Balaban J connectivity index is 1.12. The average molecular weight is 880 g/mol. The van der Waals surface area contributed by atoms with Gasteiger partial charge in [0.05, 0.1) is 35.3 Å². The Morgan fingerprint density at radius 2 is 1.76 bits per heavy atom. The lowest BCUT2D eigenvalue weighted by Crippen LogP contribution is -2.71. The molecule has 0 aromatic heterocycles. The Hall–Kier alpha value is -2.00. The number of amides is 1. The summed E-state index contributed by atoms with van der Waals surface area (Å²) in [4.78, 5) is 31.9. The Kier molecular flexibility index (Phi) is 10.9. The van der Waals surface area contributed by atoms with E-state index < -0.39 is 87.0 Å². The van der Waals surface area contributed by atoms with E-state index >= 15 is 4.79 Å². The summed E-state index contributed by atoms with van der Waals surface area (Å²) >= 11 is 0. The highest BCUT2D eigenvalue weighted by Crippen LogP contribution is 2.77. The van der Waals surface area contributed by atoms with Crippen molar-refractivity contribution in [3.05, 3.63) is 11.1 Å². The fourth-order valence-corrected chi connectivity index (χ4v) is 16.5. The first-order valence-corrected chi connectivity index (χ1v) is 24.4. The van der Waals surface area contributed by atoms with Crippen LogP contribution in [0.25, 0.3) is 0 Å². The number of aliphatic hydroxyl groups is 6. The van der Waals surface area contributed by atoms with Crippen LogP contribution in [-0.4, -0.2) is 147 Å². The van der Waals surface area contributed by atoms with Crippen LogP contribution in [0.1, 0.15) is 118 Å². The second-order valence-electron chi connectivity index (χ2n) is 22.6. The molecule has 7 fully saturated rings. The third kappa shape index (κ3) is 6.03. The van der Waals surface area contributed by atoms with Crippen molar-refractivity contribution in [1.29, 1.82) is 0 Å². The third-order valence-corrected chi connectivity index (χ3v) is 19.8. The third-order valence-electron chi connectivity index (χ3n) is 19.8. The van der Waals surface area contributed by atoms with Gasteiger partial charge in [0.15, 0.2) is 5.78 Å². The quantitative estimate of drug-likeness (QED) is 0.0722. The average Bonchev–Trinajstić information content (AvgIpc) is 3.52. The lowest BCUT2D eigenvalue weighted by Gasteiger charge is -2.67. The van der Waals surface area contributed by atoms with Gasteiger partial charge in [-0.25, -0.2) is 0 Å². The molecule has 0 aromatic carbocycles. The van der Waals surface area contributed by atoms with Gasteiger partial charge in [-0.15, -0.1) is 5.92 Å².